The van der Waals surface area contributed by atoms with E-state index in [1.54, 1.807) is 6.92 Å². The third kappa shape index (κ3) is 2.66. The van der Waals surface area contributed by atoms with Crippen molar-refractivity contribution >= 4 is 5.97 Å². The third-order valence-corrected chi connectivity index (χ3v) is 4.40. The van der Waals surface area contributed by atoms with Crippen molar-refractivity contribution in [2.75, 3.05) is 0 Å². The summed E-state index contributed by atoms with van der Waals surface area (Å²) in [6, 6.07) is 6.77. The maximum absolute atomic E-state index is 11.2. The maximum Gasteiger partial charge on any atom is 0.320 e. The molecule has 0 spiro atoms. The first-order valence-corrected chi connectivity index (χ1v) is 7.24. The lowest BCUT2D eigenvalue weighted by atomic mass is 10.1. The van der Waals surface area contributed by atoms with Crippen molar-refractivity contribution in [2.24, 2.45) is 0 Å². The number of aliphatic carboxylic acids is 1. The molecule has 1 saturated carbocycles. The van der Waals surface area contributed by atoms with Gasteiger partial charge in [-0.25, -0.2) is 0 Å². The molecule has 3 nitrogen and oxygen atoms in total. The predicted octanol–water partition coefficient (Wildman–Crippen LogP) is 2.61. The van der Waals surface area contributed by atoms with E-state index in [1.165, 1.54) is 36.0 Å². The number of carboxylic acids is 1. The second kappa shape index (κ2) is 4.97. The second-order valence-corrected chi connectivity index (χ2v) is 5.87. The maximum atomic E-state index is 11.2. The quantitative estimate of drug-likeness (QED) is 0.883. The summed E-state index contributed by atoms with van der Waals surface area (Å²) >= 11 is 0. The minimum absolute atomic E-state index is 0.388. The summed E-state index contributed by atoms with van der Waals surface area (Å²) < 4.78 is 0. The van der Waals surface area contributed by atoms with Crippen LogP contribution in [0.5, 0.6) is 0 Å². The van der Waals surface area contributed by atoms with E-state index in [1.807, 2.05) is 0 Å². The highest BCUT2D eigenvalue weighted by molar-refractivity contribution is 5.73. The molecule has 0 aliphatic heterocycles. The summed E-state index contributed by atoms with van der Waals surface area (Å²) in [7, 11) is 0. The minimum atomic E-state index is -0.715. The number of rotatable bonds is 5. The zero-order valence-corrected chi connectivity index (χ0v) is 11.4. The Morgan fingerprint density at radius 3 is 2.79 bits per heavy atom. The normalized spacial score (nSPS) is 19.5. The van der Waals surface area contributed by atoms with Crippen LogP contribution < -0.4 is 0 Å². The van der Waals surface area contributed by atoms with Crippen LogP contribution >= 0.6 is 0 Å². The molecule has 1 unspecified atom stereocenters. The zero-order chi connectivity index (χ0) is 13.4. The van der Waals surface area contributed by atoms with Crippen LogP contribution in [0.15, 0.2) is 18.2 Å². The van der Waals surface area contributed by atoms with Crippen LogP contribution in [0.1, 0.15) is 42.9 Å². The van der Waals surface area contributed by atoms with Gasteiger partial charge in [-0.05, 0) is 55.7 Å². The summed E-state index contributed by atoms with van der Waals surface area (Å²) in [5.41, 5.74) is 4.21. The van der Waals surface area contributed by atoms with Gasteiger partial charge in [-0.3, -0.25) is 9.69 Å². The van der Waals surface area contributed by atoms with Crippen molar-refractivity contribution in [3.63, 3.8) is 0 Å². The SMILES string of the molecule is CC(C(=O)O)N(Cc1ccc2c(c1)CCC2)C1CC1. The topological polar surface area (TPSA) is 40.5 Å². The Kier molecular flexibility index (Phi) is 3.31. The number of nitrogens with zero attached hydrogens (tertiary/aromatic N) is 1. The Labute approximate surface area is 114 Å². The fraction of sp³-hybridized carbons (Fsp3) is 0.562. The number of carboxylic acid groups (broad SMARTS) is 1. The van der Waals surface area contributed by atoms with Crippen molar-refractivity contribution in [3.05, 3.63) is 34.9 Å². The van der Waals surface area contributed by atoms with Gasteiger partial charge in [-0.15, -0.1) is 0 Å². The van der Waals surface area contributed by atoms with Gasteiger partial charge in [-0.2, -0.15) is 0 Å². The van der Waals surface area contributed by atoms with Crippen LogP contribution in [0.3, 0.4) is 0 Å². The summed E-state index contributed by atoms with van der Waals surface area (Å²) in [5.74, 6) is -0.715. The van der Waals surface area contributed by atoms with Crippen LogP contribution in [0, 0.1) is 0 Å². The molecule has 3 heteroatoms. The fourth-order valence-corrected chi connectivity index (χ4v) is 3.06. The molecule has 0 saturated heterocycles. The van der Waals surface area contributed by atoms with Crippen molar-refractivity contribution in [1.82, 2.24) is 4.90 Å². The molecular formula is C16H21NO2. The van der Waals surface area contributed by atoms with Crippen molar-refractivity contribution in [2.45, 2.75) is 57.7 Å². The molecule has 0 heterocycles. The summed E-state index contributed by atoms with van der Waals surface area (Å²) in [6.07, 6.45) is 5.93. The van der Waals surface area contributed by atoms with E-state index in [4.69, 9.17) is 0 Å². The molecule has 102 valence electrons. The Balaban J connectivity index is 1.76. The fourth-order valence-electron chi connectivity index (χ4n) is 3.06. The van der Waals surface area contributed by atoms with Crippen LogP contribution in [-0.4, -0.2) is 28.1 Å². The molecule has 1 fully saturated rings. The van der Waals surface area contributed by atoms with Gasteiger partial charge in [0, 0.05) is 12.6 Å². The monoisotopic (exact) mass is 259 g/mol. The first-order chi connectivity index (χ1) is 9.15. The average Bonchev–Trinajstić information content (AvgIpc) is 3.12. The van der Waals surface area contributed by atoms with E-state index in [-0.39, 0.29) is 6.04 Å². The van der Waals surface area contributed by atoms with Gasteiger partial charge in [0.25, 0.3) is 0 Å². The minimum Gasteiger partial charge on any atom is -0.480 e. The molecule has 2 aliphatic rings. The number of fused-ring (bicyclic) bond motifs is 1. The van der Waals surface area contributed by atoms with Gasteiger partial charge in [-0.1, -0.05) is 18.2 Å². The molecule has 2 aliphatic carbocycles. The second-order valence-electron chi connectivity index (χ2n) is 5.87. The van der Waals surface area contributed by atoms with Crippen molar-refractivity contribution < 1.29 is 9.90 Å². The van der Waals surface area contributed by atoms with E-state index >= 15 is 0 Å². The highest BCUT2D eigenvalue weighted by Gasteiger charge is 2.34. The van der Waals surface area contributed by atoms with Gasteiger partial charge >= 0.3 is 5.97 Å². The standard InChI is InChI=1S/C16H21NO2/c1-11(16(18)19)17(15-7-8-15)10-12-5-6-13-3-2-4-14(13)9-12/h5-6,9,11,15H,2-4,7-8,10H2,1H3,(H,18,19). The Bertz CT molecular complexity index is 494. The number of carbonyl (C=O) groups is 1. The molecule has 1 N–H and O–H groups in total. The summed E-state index contributed by atoms with van der Waals surface area (Å²) in [5, 5.41) is 9.22. The van der Waals surface area contributed by atoms with Gasteiger partial charge in [0.15, 0.2) is 0 Å². The number of benzene rings is 1. The zero-order valence-electron chi connectivity index (χ0n) is 11.4. The van der Waals surface area contributed by atoms with E-state index in [0.717, 1.165) is 19.4 Å². The molecule has 0 radical (unpaired) electrons. The Morgan fingerprint density at radius 2 is 2.11 bits per heavy atom. The van der Waals surface area contributed by atoms with E-state index in [2.05, 4.69) is 23.1 Å². The summed E-state index contributed by atoms with van der Waals surface area (Å²) in [4.78, 5) is 13.3. The molecule has 0 bridgehead atoms. The molecule has 1 aromatic rings. The Hall–Kier alpha value is -1.35. The molecule has 1 atom stereocenters. The van der Waals surface area contributed by atoms with Crippen LogP contribution in [-0.2, 0) is 24.2 Å². The molecule has 0 amide bonds. The summed E-state index contributed by atoms with van der Waals surface area (Å²) in [6.45, 7) is 2.57. The molecule has 3 rings (SSSR count). The van der Waals surface area contributed by atoms with Crippen molar-refractivity contribution in [3.8, 4) is 0 Å². The average molecular weight is 259 g/mol. The number of hydrogen-bond donors (Lipinski definition) is 1. The predicted molar refractivity (Wildman–Crippen MR) is 74.1 cm³/mol. The van der Waals surface area contributed by atoms with Crippen LogP contribution in [0.4, 0.5) is 0 Å². The smallest absolute Gasteiger partial charge is 0.320 e. The van der Waals surface area contributed by atoms with Gasteiger partial charge < -0.3 is 5.11 Å². The van der Waals surface area contributed by atoms with E-state index in [0.29, 0.717) is 6.04 Å². The lowest BCUT2D eigenvalue weighted by molar-refractivity contribution is -0.143. The molecular weight excluding hydrogens is 238 g/mol. The lowest BCUT2D eigenvalue weighted by Crippen LogP contribution is -2.40. The molecule has 19 heavy (non-hydrogen) atoms. The molecule has 1 aromatic carbocycles. The lowest BCUT2D eigenvalue weighted by Gasteiger charge is -2.26. The van der Waals surface area contributed by atoms with Gasteiger partial charge in [0.05, 0.1) is 0 Å². The first kappa shape index (κ1) is 12.7. The highest BCUT2D eigenvalue weighted by Crippen LogP contribution is 2.31. The van der Waals surface area contributed by atoms with Crippen molar-refractivity contribution in [1.29, 1.82) is 0 Å². The number of hydrogen-bond acceptors (Lipinski definition) is 2. The largest absolute Gasteiger partial charge is 0.480 e. The molecule has 0 aromatic heterocycles. The Morgan fingerprint density at radius 1 is 1.37 bits per heavy atom. The number of aryl methyl sites for hydroxylation is 2. The first-order valence-electron chi connectivity index (χ1n) is 7.24. The third-order valence-electron chi connectivity index (χ3n) is 4.40. The van der Waals surface area contributed by atoms with Crippen LogP contribution in [0.25, 0.3) is 0 Å². The van der Waals surface area contributed by atoms with E-state index < -0.39 is 5.97 Å². The van der Waals surface area contributed by atoms with Gasteiger partial charge in [0.2, 0.25) is 0 Å². The van der Waals surface area contributed by atoms with E-state index in [9.17, 15) is 9.90 Å². The van der Waals surface area contributed by atoms with Crippen LogP contribution in [0.2, 0.25) is 0 Å². The van der Waals surface area contributed by atoms with Gasteiger partial charge in [0.1, 0.15) is 6.04 Å². The highest BCUT2D eigenvalue weighted by atomic mass is 16.4.